The summed E-state index contributed by atoms with van der Waals surface area (Å²) in [4.78, 5) is 12.3. The van der Waals surface area contributed by atoms with E-state index in [0.717, 1.165) is 35.2 Å². The maximum atomic E-state index is 12.3. The zero-order valence-electron chi connectivity index (χ0n) is 10.9. The highest BCUT2D eigenvalue weighted by Crippen LogP contribution is 2.23. The molecule has 4 heteroatoms. The Hall–Kier alpha value is -1.81. The Balaban J connectivity index is 1.80. The van der Waals surface area contributed by atoms with Crippen LogP contribution < -0.4 is 10.6 Å². The topological polar surface area (TPSA) is 41.1 Å². The maximum Gasteiger partial charge on any atom is 0.255 e. The molecule has 2 aromatic rings. The summed E-state index contributed by atoms with van der Waals surface area (Å²) >= 11 is 3.40. The number of carbonyl (C=O) groups is 1. The number of fused-ring (bicyclic) bond motifs is 1. The second kappa shape index (κ2) is 5.67. The smallest absolute Gasteiger partial charge is 0.255 e. The summed E-state index contributed by atoms with van der Waals surface area (Å²) in [6, 6.07) is 13.4. The third-order valence-corrected chi connectivity index (χ3v) is 3.88. The van der Waals surface area contributed by atoms with Crippen molar-refractivity contribution in [3.05, 3.63) is 58.1 Å². The fourth-order valence-electron chi connectivity index (χ4n) is 2.39. The SMILES string of the molecule is O=C(Nc1cccc(Br)c1)c1ccc2c(c1)CCCN2. The van der Waals surface area contributed by atoms with Gasteiger partial charge in [0.25, 0.3) is 5.91 Å². The number of carbonyl (C=O) groups excluding carboxylic acids is 1. The first-order valence-electron chi connectivity index (χ1n) is 6.66. The van der Waals surface area contributed by atoms with Gasteiger partial charge in [-0.25, -0.2) is 0 Å². The standard InChI is InChI=1S/C16H15BrN2O/c17-13-4-1-5-14(10-13)19-16(20)12-6-7-15-11(9-12)3-2-8-18-15/h1,4-7,9-10,18H,2-3,8H2,(H,19,20). The fourth-order valence-corrected chi connectivity index (χ4v) is 2.78. The molecule has 0 aromatic heterocycles. The van der Waals surface area contributed by atoms with Gasteiger partial charge in [0, 0.05) is 28.0 Å². The van der Waals surface area contributed by atoms with E-state index in [0.29, 0.717) is 5.56 Å². The summed E-state index contributed by atoms with van der Waals surface area (Å²) < 4.78 is 0.949. The molecule has 2 N–H and O–H groups in total. The van der Waals surface area contributed by atoms with Crippen molar-refractivity contribution in [2.75, 3.05) is 17.2 Å². The molecule has 0 saturated heterocycles. The minimum Gasteiger partial charge on any atom is -0.385 e. The summed E-state index contributed by atoms with van der Waals surface area (Å²) in [5.74, 6) is -0.0727. The summed E-state index contributed by atoms with van der Waals surface area (Å²) in [5, 5.41) is 6.26. The highest BCUT2D eigenvalue weighted by atomic mass is 79.9. The van der Waals surface area contributed by atoms with Crippen LogP contribution in [0.2, 0.25) is 0 Å². The highest BCUT2D eigenvalue weighted by Gasteiger charge is 2.12. The van der Waals surface area contributed by atoms with Gasteiger partial charge in [0.1, 0.15) is 0 Å². The molecular weight excluding hydrogens is 316 g/mol. The van der Waals surface area contributed by atoms with Gasteiger partial charge in [0.2, 0.25) is 0 Å². The molecule has 0 fully saturated rings. The van der Waals surface area contributed by atoms with E-state index in [1.165, 1.54) is 5.56 Å². The number of benzene rings is 2. The van der Waals surface area contributed by atoms with Crippen molar-refractivity contribution in [2.24, 2.45) is 0 Å². The lowest BCUT2D eigenvalue weighted by Gasteiger charge is -2.18. The summed E-state index contributed by atoms with van der Waals surface area (Å²) in [5.41, 5.74) is 3.86. The molecule has 1 aliphatic heterocycles. The molecule has 1 amide bonds. The average molecular weight is 331 g/mol. The molecule has 2 aromatic carbocycles. The minimum absolute atomic E-state index is 0.0727. The third kappa shape index (κ3) is 2.85. The lowest BCUT2D eigenvalue weighted by molar-refractivity contribution is 0.102. The summed E-state index contributed by atoms with van der Waals surface area (Å²) in [6.07, 6.45) is 2.14. The van der Waals surface area contributed by atoms with E-state index in [1.807, 2.05) is 42.5 Å². The van der Waals surface area contributed by atoms with Gasteiger partial charge in [-0.05, 0) is 54.8 Å². The van der Waals surface area contributed by atoms with Crippen molar-refractivity contribution in [1.29, 1.82) is 0 Å². The highest BCUT2D eigenvalue weighted by molar-refractivity contribution is 9.10. The molecule has 1 heterocycles. The molecular formula is C16H15BrN2O. The predicted octanol–water partition coefficient (Wildman–Crippen LogP) is 4.06. The van der Waals surface area contributed by atoms with Gasteiger partial charge in [-0.1, -0.05) is 22.0 Å². The molecule has 0 bridgehead atoms. The number of aryl methyl sites for hydroxylation is 1. The quantitative estimate of drug-likeness (QED) is 0.871. The van der Waals surface area contributed by atoms with E-state index in [9.17, 15) is 4.79 Å². The first kappa shape index (κ1) is 13.2. The molecule has 20 heavy (non-hydrogen) atoms. The summed E-state index contributed by atoms with van der Waals surface area (Å²) in [6.45, 7) is 1.01. The third-order valence-electron chi connectivity index (χ3n) is 3.39. The van der Waals surface area contributed by atoms with Crippen LogP contribution in [-0.4, -0.2) is 12.5 Å². The van der Waals surface area contributed by atoms with Gasteiger partial charge in [-0.3, -0.25) is 4.79 Å². The van der Waals surface area contributed by atoms with Crippen LogP contribution >= 0.6 is 15.9 Å². The van der Waals surface area contributed by atoms with E-state index in [1.54, 1.807) is 0 Å². The van der Waals surface area contributed by atoms with Crippen LogP contribution in [0.1, 0.15) is 22.3 Å². The second-order valence-electron chi connectivity index (χ2n) is 4.87. The Morgan fingerprint density at radius 2 is 2.10 bits per heavy atom. The van der Waals surface area contributed by atoms with Crippen molar-refractivity contribution in [1.82, 2.24) is 0 Å². The Morgan fingerprint density at radius 3 is 2.95 bits per heavy atom. The number of anilines is 2. The monoisotopic (exact) mass is 330 g/mol. The van der Waals surface area contributed by atoms with Crippen LogP contribution in [0, 0.1) is 0 Å². The normalized spacial score (nSPS) is 13.2. The summed E-state index contributed by atoms with van der Waals surface area (Å²) in [7, 11) is 0. The zero-order valence-corrected chi connectivity index (χ0v) is 12.5. The number of rotatable bonds is 2. The average Bonchev–Trinajstić information content (AvgIpc) is 2.47. The van der Waals surface area contributed by atoms with E-state index in [4.69, 9.17) is 0 Å². The molecule has 0 unspecified atom stereocenters. The van der Waals surface area contributed by atoms with Gasteiger partial charge >= 0.3 is 0 Å². The largest absolute Gasteiger partial charge is 0.385 e. The van der Waals surface area contributed by atoms with Crippen LogP contribution in [0.15, 0.2) is 46.9 Å². The van der Waals surface area contributed by atoms with Gasteiger partial charge in [0.05, 0.1) is 0 Å². The van der Waals surface area contributed by atoms with Crippen molar-refractivity contribution in [3.8, 4) is 0 Å². The van der Waals surface area contributed by atoms with Crippen molar-refractivity contribution < 1.29 is 4.79 Å². The van der Waals surface area contributed by atoms with E-state index in [-0.39, 0.29) is 5.91 Å². The lowest BCUT2D eigenvalue weighted by Crippen LogP contribution is -2.15. The first-order valence-corrected chi connectivity index (χ1v) is 7.45. The van der Waals surface area contributed by atoms with E-state index in [2.05, 4.69) is 26.6 Å². The number of nitrogens with one attached hydrogen (secondary N) is 2. The zero-order chi connectivity index (χ0) is 13.9. The molecule has 3 nitrogen and oxygen atoms in total. The van der Waals surface area contributed by atoms with Gasteiger partial charge in [0.15, 0.2) is 0 Å². The molecule has 0 saturated carbocycles. The van der Waals surface area contributed by atoms with Gasteiger partial charge in [-0.2, -0.15) is 0 Å². The Morgan fingerprint density at radius 1 is 1.20 bits per heavy atom. The number of amides is 1. The molecule has 102 valence electrons. The molecule has 0 atom stereocenters. The molecule has 0 aliphatic carbocycles. The van der Waals surface area contributed by atoms with Gasteiger partial charge < -0.3 is 10.6 Å². The lowest BCUT2D eigenvalue weighted by atomic mass is 10.0. The van der Waals surface area contributed by atoms with Crippen LogP contribution in [0.5, 0.6) is 0 Å². The molecule has 1 aliphatic rings. The minimum atomic E-state index is -0.0727. The molecule has 0 radical (unpaired) electrons. The fraction of sp³-hybridized carbons (Fsp3) is 0.188. The Labute approximate surface area is 126 Å². The van der Waals surface area contributed by atoms with E-state index < -0.39 is 0 Å². The Kier molecular flexibility index (Phi) is 3.74. The van der Waals surface area contributed by atoms with Crippen LogP contribution in [0.4, 0.5) is 11.4 Å². The van der Waals surface area contributed by atoms with Gasteiger partial charge in [-0.15, -0.1) is 0 Å². The molecule has 3 rings (SSSR count). The first-order chi connectivity index (χ1) is 9.72. The second-order valence-corrected chi connectivity index (χ2v) is 5.78. The van der Waals surface area contributed by atoms with Crippen molar-refractivity contribution >= 4 is 33.2 Å². The van der Waals surface area contributed by atoms with Crippen molar-refractivity contribution in [2.45, 2.75) is 12.8 Å². The number of hydrogen-bond acceptors (Lipinski definition) is 2. The van der Waals surface area contributed by atoms with Crippen LogP contribution in [-0.2, 0) is 6.42 Å². The predicted molar refractivity (Wildman–Crippen MR) is 85.3 cm³/mol. The molecule has 0 spiro atoms. The van der Waals surface area contributed by atoms with Crippen LogP contribution in [0.25, 0.3) is 0 Å². The number of hydrogen-bond donors (Lipinski definition) is 2. The van der Waals surface area contributed by atoms with Crippen LogP contribution in [0.3, 0.4) is 0 Å². The number of halogens is 1. The Bertz CT molecular complexity index is 655. The maximum absolute atomic E-state index is 12.3. The van der Waals surface area contributed by atoms with E-state index >= 15 is 0 Å². The van der Waals surface area contributed by atoms with Crippen molar-refractivity contribution in [3.63, 3.8) is 0 Å².